The van der Waals surface area contributed by atoms with Crippen molar-refractivity contribution in [3.05, 3.63) is 30.1 Å². The molecule has 0 bridgehead atoms. The average molecular weight is 405 g/mol. The van der Waals surface area contributed by atoms with Crippen LogP contribution in [0.15, 0.2) is 24.5 Å². The summed E-state index contributed by atoms with van der Waals surface area (Å²) in [6.45, 7) is 10.6. The number of fused-ring (bicyclic) bond motifs is 1. The van der Waals surface area contributed by atoms with Gasteiger partial charge in [-0.1, -0.05) is 6.92 Å². The van der Waals surface area contributed by atoms with Crippen LogP contribution >= 0.6 is 0 Å². The quantitative estimate of drug-likeness (QED) is 0.848. The van der Waals surface area contributed by atoms with Gasteiger partial charge >= 0.3 is 0 Å². The Hall–Kier alpha value is -2.23. The van der Waals surface area contributed by atoms with Crippen LogP contribution in [0, 0.1) is 28.6 Å². The van der Waals surface area contributed by atoms with Crippen LogP contribution in [0.5, 0.6) is 0 Å². The number of nitrogens with zero attached hydrogens (tertiary/aromatic N) is 5. The topological polar surface area (TPSA) is 68.1 Å². The smallest absolute Gasteiger partial charge is 0.113 e. The predicted molar refractivity (Wildman–Crippen MR) is 119 cm³/mol. The normalized spacial score (nSPS) is 26.9. The van der Waals surface area contributed by atoms with E-state index in [1.165, 1.54) is 58.4 Å². The Bertz CT molecular complexity index is 934. The molecule has 0 aliphatic carbocycles. The van der Waals surface area contributed by atoms with Crippen LogP contribution in [0.4, 0.5) is 5.69 Å². The van der Waals surface area contributed by atoms with E-state index in [0.29, 0.717) is 22.8 Å². The monoisotopic (exact) mass is 404 g/mol. The molecule has 2 aromatic rings. The first kappa shape index (κ1) is 19.7. The summed E-state index contributed by atoms with van der Waals surface area (Å²) in [6.07, 6.45) is 8.87. The first-order valence-electron chi connectivity index (χ1n) is 11.5. The van der Waals surface area contributed by atoms with E-state index < -0.39 is 0 Å². The van der Waals surface area contributed by atoms with Gasteiger partial charge in [0.1, 0.15) is 17.1 Å². The van der Waals surface area contributed by atoms with Gasteiger partial charge in [-0.15, -0.1) is 0 Å². The lowest BCUT2D eigenvalue weighted by Gasteiger charge is -2.45. The Kier molecular flexibility index (Phi) is 5.34. The van der Waals surface area contributed by atoms with Gasteiger partial charge in [0.25, 0.3) is 0 Å². The number of likely N-dealkylation sites (tertiary alicyclic amines) is 1. The summed E-state index contributed by atoms with van der Waals surface area (Å²) >= 11 is 0. The van der Waals surface area contributed by atoms with Crippen LogP contribution in [0.25, 0.3) is 11.0 Å². The van der Waals surface area contributed by atoms with Gasteiger partial charge in [-0.3, -0.25) is 9.97 Å². The fraction of sp³-hybridized carbons (Fsp3) is 0.625. The first-order valence-corrected chi connectivity index (χ1v) is 11.5. The molecule has 1 aromatic carbocycles. The van der Waals surface area contributed by atoms with E-state index in [9.17, 15) is 5.26 Å². The third-order valence-electron chi connectivity index (χ3n) is 7.91. The molecule has 3 aliphatic rings. The molecular formula is C24H32N6. The van der Waals surface area contributed by atoms with Crippen molar-refractivity contribution >= 4 is 16.7 Å². The second-order valence-corrected chi connectivity index (χ2v) is 9.69. The second kappa shape index (κ2) is 8.13. The lowest BCUT2D eigenvalue weighted by atomic mass is 9.71. The molecule has 6 nitrogen and oxygen atoms in total. The lowest BCUT2D eigenvalue weighted by Crippen LogP contribution is -2.47. The third kappa shape index (κ3) is 3.66. The summed E-state index contributed by atoms with van der Waals surface area (Å²) in [5.41, 5.74) is 3.92. The van der Waals surface area contributed by atoms with E-state index in [-0.39, 0.29) is 0 Å². The Balaban J connectivity index is 1.26. The Morgan fingerprint density at radius 3 is 2.53 bits per heavy atom. The first-order chi connectivity index (χ1) is 14.7. The second-order valence-electron chi connectivity index (χ2n) is 9.69. The number of rotatable bonds is 3. The fourth-order valence-electron chi connectivity index (χ4n) is 5.86. The van der Waals surface area contributed by atoms with Crippen LogP contribution in [-0.2, 0) is 0 Å². The van der Waals surface area contributed by atoms with Gasteiger partial charge in [0, 0.05) is 32.0 Å². The number of hydrogen-bond acceptors (Lipinski definition) is 6. The molecule has 0 radical (unpaired) electrons. The summed E-state index contributed by atoms with van der Waals surface area (Å²) < 4.78 is 0. The number of nitrogens with one attached hydrogen (secondary N) is 1. The third-order valence-corrected chi connectivity index (χ3v) is 7.91. The van der Waals surface area contributed by atoms with E-state index in [4.69, 9.17) is 0 Å². The molecule has 1 spiro atoms. The molecule has 4 heterocycles. The summed E-state index contributed by atoms with van der Waals surface area (Å²) in [5.74, 6) is 1.33. The molecule has 5 rings (SSSR count). The van der Waals surface area contributed by atoms with Crippen molar-refractivity contribution in [2.75, 3.05) is 50.7 Å². The average Bonchev–Trinajstić information content (AvgIpc) is 3.15. The maximum absolute atomic E-state index is 9.41. The Labute approximate surface area is 179 Å². The highest BCUT2D eigenvalue weighted by atomic mass is 15.2. The number of aromatic nitrogens is 2. The van der Waals surface area contributed by atoms with Crippen LogP contribution in [-0.4, -0.2) is 60.7 Å². The molecule has 3 fully saturated rings. The van der Waals surface area contributed by atoms with Crippen molar-refractivity contribution in [2.24, 2.45) is 17.3 Å². The van der Waals surface area contributed by atoms with Gasteiger partial charge in [-0.2, -0.15) is 5.26 Å². The zero-order chi connectivity index (χ0) is 20.6. The number of piperidine rings is 2. The number of benzene rings is 1. The maximum Gasteiger partial charge on any atom is 0.113 e. The molecule has 158 valence electrons. The van der Waals surface area contributed by atoms with E-state index >= 15 is 0 Å². The van der Waals surface area contributed by atoms with Gasteiger partial charge in [0.2, 0.25) is 0 Å². The zero-order valence-electron chi connectivity index (χ0n) is 18.0. The molecule has 30 heavy (non-hydrogen) atoms. The highest BCUT2D eigenvalue weighted by molar-refractivity contribution is 5.92. The maximum atomic E-state index is 9.41. The number of hydrogen-bond donors (Lipinski definition) is 1. The van der Waals surface area contributed by atoms with Crippen LogP contribution < -0.4 is 10.2 Å². The van der Waals surface area contributed by atoms with Crippen LogP contribution in [0.1, 0.15) is 38.2 Å². The highest BCUT2D eigenvalue weighted by Gasteiger charge is 2.38. The molecule has 0 amide bonds. The summed E-state index contributed by atoms with van der Waals surface area (Å²) in [5, 5.41) is 12.9. The van der Waals surface area contributed by atoms with Crippen molar-refractivity contribution in [3.8, 4) is 6.07 Å². The summed E-state index contributed by atoms with van der Waals surface area (Å²) in [4.78, 5) is 14.2. The number of anilines is 1. The summed E-state index contributed by atoms with van der Waals surface area (Å²) in [7, 11) is 0. The molecule has 3 aliphatic heterocycles. The van der Waals surface area contributed by atoms with Crippen molar-refractivity contribution in [1.29, 1.82) is 5.26 Å². The molecule has 0 saturated carbocycles. The van der Waals surface area contributed by atoms with Crippen molar-refractivity contribution in [2.45, 2.75) is 32.6 Å². The van der Waals surface area contributed by atoms with E-state index in [0.717, 1.165) is 29.8 Å². The molecule has 1 N–H and O–H groups in total. The lowest BCUT2D eigenvalue weighted by molar-refractivity contribution is 0.0638. The Morgan fingerprint density at radius 1 is 1.07 bits per heavy atom. The van der Waals surface area contributed by atoms with Crippen LogP contribution in [0.2, 0.25) is 0 Å². The molecule has 1 unspecified atom stereocenters. The molecular weight excluding hydrogens is 372 g/mol. The number of nitriles is 1. The van der Waals surface area contributed by atoms with Crippen molar-refractivity contribution < 1.29 is 0 Å². The largest absolute Gasteiger partial charge is 0.369 e. The SMILES string of the molecule is C[C@H]1CN(c2ccc(C#N)c3nccnc23)CC1CN1CCC2(CCNCC2)CC1. The zero-order valence-corrected chi connectivity index (χ0v) is 18.0. The van der Waals surface area contributed by atoms with E-state index in [2.05, 4.69) is 44.1 Å². The molecule has 2 atom stereocenters. The van der Waals surface area contributed by atoms with Gasteiger partial charge in [-0.05, 0) is 81.2 Å². The standard InChI is InChI=1S/C24H32N6/c1-18-15-30(21-3-2-19(14-25)22-23(21)28-11-10-27-22)17-20(18)16-29-12-6-24(7-13-29)4-8-26-9-5-24/h2-3,10-11,18,20,26H,4-9,12-13,15-17H2,1H3/t18-,20?/m0/s1. The minimum atomic E-state index is 0.603. The molecule has 3 saturated heterocycles. The fourth-order valence-corrected chi connectivity index (χ4v) is 5.86. The van der Waals surface area contributed by atoms with Gasteiger partial charge < -0.3 is 15.1 Å². The predicted octanol–water partition coefficient (Wildman–Crippen LogP) is 3.04. The minimum absolute atomic E-state index is 0.603. The van der Waals surface area contributed by atoms with Crippen molar-refractivity contribution in [3.63, 3.8) is 0 Å². The molecule has 6 heteroatoms. The highest BCUT2D eigenvalue weighted by Crippen LogP contribution is 2.40. The van der Waals surface area contributed by atoms with Gasteiger partial charge in [-0.25, -0.2) is 0 Å². The van der Waals surface area contributed by atoms with E-state index in [1.54, 1.807) is 12.4 Å². The summed E-state index contributed by atoms with van der Waals surface area (Å²) in [6, 6.07) is 6.21. The minimum Gasteiger partial charge on any atom is -0.369 e. The molecule has 1 aromatic heterocycles. The van der Waals surface area contributed by atoms with Gasteiger partial charge in [0.15, 0.2) is 0 Å². The Morgan fingerprint density at radius 2 is 1.80 bits per heavy atom. The van der Waals surface area contributed by atoms with Crippen LogP contribution in [0.3, 0.4) is 0 Å². The van der Waals surface area contributed by atoms with Gasteiger partial charge in [0.05, 0.1) is 11.3 Å². The van der Waals surface area contributed by atoms with Crippen molar-refractivity contribution in [1.82, 2.24) is 20.2 Å². The van der Waals surface area contributed by atoms with E-state index in [1.807, 2.05) is 6.07 Å².